The highest BCUT2D eigenvalue weighted by Gasteiger charge is 2.34. The van der Waals surface area contributed by atoms with Gasteiger partial charge in [0.2, 0.25) is 0 Å². The first-order valence-corrected chi connectivity index (χ1v) is 15.5. The lowest BCUT2D eigenvalue weighted by Crippen LogP contribution is -2.55. The lowest BCUT2D eigenvalue weighted by Gasteiger charge is -2.37. The molecule has 2 saturated heterocycles. The molecule has 0 unspecified atom stereocenters. The number of carbonyl (C=O) groups is 2. The number of ether oxygens (including phenoxy) is 1. The SMILES string of the molecule is CO[C@H]1CN(c2nc(-c3cnc(NCCN4CCN(C)CC4)cn3)c(C(=O)O)s2)CC[C@H]1NC(=O)c1[nH]c(C)c(Cl)c1Cl. The molecule has 3 aromatic rings. The van der Waals surface area contributed by atoms with Crippen LogP contribution in [0.3, 0.4) is 0 Å². The Morgan fingerprint density at radius 3 is 2.56 bits per heavy atom. The number of carboxylic acids is 1. The maximum Gasteiger partial charge on any atom is 0.348 e. The van der Waals surface area contributed by atoms with Gasteiger partial charge in [0.05, 0.1) is 34.6 Å². The van der Waals surface area contributed by atoms with Gasteiger partial charge in [-0.25, -0.2) is 19.7 Å². The molecule has 0 aliphatic carbocycles. The molecule has 3 aromatic heterocycles. The molecule has 2 atom stereocenters. The Morgan fingerprint density at radius 2 is 1.93 bits per heavy atom. The number of carboxylic acid groups (broad SMARTS) is 1. The minimum Gasteiger partial charge on any atom is -0.477 e. The summed E-state index contributed by atoms with van der Waals surface area (Å²) < 4.78 is 5.71. The van der Waals surface area contributed by atoms with Gasteiger partial charge in [0.1, 0.15) is 27.8 Å². The standard InChI is InChI=1S/C27H35Cl2N9O4S/c1-15-20(28)21(29)23(33-15)25(39)34-16-4-6-38(14-18(16)42-3)27-35-22(24(43-27)26(40)41)17-12-32-19(13-31-17)30-5-7-37-10-8-36(2)9-11-37/h12-13,16,18,33H,4-11,14H2,1-3H3,(H,30,32)(H,34,39)(H,40,41)/t16-,18+/m1/s1. The van der Waals surface area contributed by atoms with E-state index in [1.54, 1.807) is 26.4 Å². The number of aromatic carboxylic acids is 1. The number of piperazine rings is 1. The van der Waals surface area contributed by atoms with Crippen molar-refractivity contribution < 1.29 is 19.4 Å². The average molecular weight is 653 g/mol. The van der Waals surface area contributed by atoms with Gasteiger partial charge in [-0.2, -0.15) is 0 Å². The Labute approximate surface area is 263 Å². The Bertz CT molecular complexity index is 1440. The average Bonchev–Trinajstić information content (AvgIpc) is 3.56. The monoisotopic (exact) mass is 651 g/mol. The van der Waals surface area contributed by atoms with Crippen molar-refractivity contribution in [2.45, 2.75) is 25.5 Å². The number of halogens is 2. The Morgan fingerprint density at radius 1 is 1.16 bits per heavy atom. The summed E-state index contributed by atoms with van der Waals surface area (Å²) in [5.74, 6) is -0.839. The minimum absolute atomic E-state index is 0.0816. The van der Waals surface area contributed by atoms with E-state index >= 15 is 0 Å². The van der Waals surface area contributed by atoms with Crippen molar-refractivity contribution >= 4 is 57.4 Å². The van der Waals surface area contributed by atoms with Crippen LogP contribution in [0.2, 0.25) is 10.0 Å². The first-order valence-electron chi connectivity index (χ1n) is 14.0. The van der Waals surface area contributed by atoms with Crippen LogP contribution >= 0.6 is 34.5 Å². The zero-order valence-corrected chi connectivity index (χ0v) is 26.5. The van der Waals surface area contributed by atoms with Crippen molar-refractivity contribution in [1.29, 1.82) is 0 Å². The number of nitrogens with one attached hydrogen (secondary N) is 3. The van der Waals surface area contributed by atoms with Gasteiger partial charge >= 0.3 is 5.97 Å². The van der Waals surface area contributed by atoms with Crippen LogP contribution in [0.5, 0.6) is 0 Å². The van der Waals surface area contributed by atoms with Crippen LogP contribution in [0.25, 0.3) is 11.4 Å². The number of nitrogens with zero attached hydrogens (tertiary/aromatic N) is 6. The van der Waals surface area contributed by atoms with E-state index in [1.807, 2.05) is 4.90 Å². The molecule has 0 spiro atoms. The number of amides is 1. The van der Waals surface area contributed by atoms with Crippen molar-refractivity contribution in [3.63, 3.8) is 0 Å². The number of H-pyrrole nitrogens is 1. The number of hydrogen-bond acceptors (Lipinski definition) is 11. The summed E-state index contributed by atoms with van der Waals surface area (Å²) in [5, 5.41) is 17.2. The van der Waals surface area contributed by atoms with Gasteiger partial charge in [-0.15, -0.1) is 0 Å². The fourth-order valence-corrected chi connectivity index (χ4v) is 6.55. The Kier molecular flexibility index (Phi) is 10.0. The van der Waals surface area contributed by atoms with E-state index in [1.165, 1.54) is 0 Å². The molecule has 232 valence electrons. The van der Waals surface area contributed by atoms with Gasteiger partial charge in [-0.1, -0.05) is 34.5 Å². The van der Waals surface area contributed by atoms with Crippen molar-refractivity contribution in [3.05, 3.63) is 38.7 Å². The van der Waals surface area contributed by atoms with Crippen molar-refractivity contribution in [1.82, 2.24) is 35.1 Å². The number of likely N-dealkylation sites (N-methyl/N-ethyl adjacent to an activating group) is 1. The van der Waals surface area contributed by atoms with E-state index in [0.29, 0.717) is 46.9 Å². The zero-order chi connectivity index (χ0) is 30.7. The molecule has 0 saturated carbocycles. The first kappa shape index (κ1) is 31.4. The van der Waals surface area contributed by atoms with Crippen molar-refractivity contribution in [3.8, 4) is 11.4 Å². The highest BCUT2D eigenvalue weighted by Crippen LogP contribution is 2.34. The summed E-state index contributed by atoms with van der Waals surface area (Å²) in [6.45, 7) is 8.52. The molecule has 0 bridgehead atoms. The topological polar surface area (TPSA) is 152 Å². The molecule has 0 aromatic carbocycles. The maximum atomic E-state index is 12.9. The molecule has 5 heterocycles. The van der Waals surface area contributed by atoms with Crippen LogP contribution in [-0.4, -0.2) is 125 Å². The van der Waals surface area contributed by atoms with Gasteiger partial charge in [0.15, 0.2) is 5.13 Å². The normalized spacial score (nSPS) is 19.9. The number of thiazole rings is 1. The molecule has 5 rings (SSSR count). The smallest absolute Gasteiger partial charge is 0.348 e. The van der Waals surface area contributed by atoms with Crippen molar-refractivity contribution in [2.75, 3.05) is 76.7 Å². The van der Waals surface area contributed by atoms with Gasteiger partial charge < -0.3 is 35.3 Å². The summed E-state index contributed by atoms with van der Waals surface area (Å²) in [6, 6.07) is -0.298. The Balaban J connectivity index is 1.22. The van der Waals surface area contributed by atoms with Crippen LogP contribution in [0.4, 0.5) is 10.9 Å². The molecule has 2 aliphatic rings. The molecule has 16 heteroatoms. The summed E-state index contributed by atoms with van der Waals surface area (Å²) in [5.41, 5.74) is 1.46. The number of rotatable bonds is 10. The summed E-state index contributed by atoms with van der Waals surface area (Å²) in [6.07, 6.45) is 3.31. The Hall–Kier alpha value is -3.01. The van der Waals surface area contributed by atoms with Gasteiger partial charge in [0, 0.05) is 65.2 Å². The highest BCUT2D eigenvalue weighted by atomic mass is 35.5. The quantitative estimate of drug-likeness (QED) is 0.256. The zero-order valence-electron chi connectivity index (χ0n) is 24.2. The minimum atomic E-state index is -1.09. The maximum absolute atomic E-state index is 12.9. The molecular weight excluding hydrogens is 617 g/mol. The van der Waals surface area contributed by atoms with Crippen LogP contribution in [-0.2, 0) is 4.74 Å². The van der Waals surface area contributed by atoms with E-state index in [0.717, 1.165) is 50.6 Å². The number of aryl methyl sites for hydroxylation is 1. The lowest BCUT2D eigenvalue weighted by atomic mass is 10.0. The van der Waals surface area contributed by atoms with Crippen LogP contribution < -0.4 is 15.5 Å². The van der Waals surface area contributed by atoms with E-state index in [9.17, 15) is 14.7 Å². The second-order valence-corrected chi connectivity index (χ2v) is 12.4. The fraction of sp³-hybridized carbons (Fsp3) is 0.519. The number of piperidine rings is 1. The predicted octanol–water partition coefficient (Wildman–Crippen LogP) is 2.92. The van der Waals surface area contributed by atoms with E-state index in [-0.39, 0.29) is 39.3 Å². The molecule has 2 fully saturated rings. The third-order valence-corrected chi connectivity index (χ3v) is 9.82. The second kappa shape index (κ2) is 13.7. The highest BCUT2D eigenvalue weighted by molar-refractivity contribution is 7.17. The van der Waals surface area contributed by atoms with E-state index in [4.69, 9.17) is 27.9 Å². The molecule has 4 N–H and O–H groups in total. The van der Waals surface area contributed by atoms with Gasteiger partial charge in [0.25, 0.3) is 5.91 Å². The number of aromatic amines is 1. The summed E-state index contributed by atoms with van der Waals surface area (Å²) in [7, 11) is 3.71. The van der Waals surface area contributed by atoms with Crippen LogP contribution in [0, 0.1) is 6.92 Å². The van der Waals surface area contributed by atoms with E-state index in [2.05, 4.69) is 47.4 Å². The fourth-order valence-electron chi connectivity index (χ4n) is 5.18. The largest absolute Gasteiger partial charge is 0.477 e. The third-order valence-electron chi connectivity index (χ3n) is 7.76. The van der Waals surface area contributed by atoms with Crippen LogP contribution in [0.15, 0.2) is 12.4 Å². The summed E-state index contributed by atoms with van der Waals surface area (Å²) >= 11 is 13.4. The molecule has 2 aliphatic heterocycles. The van der Waals surface area contributed by atoms with Crippen LogP contribution in [0.1, 0.15) is 32.3 Å². The summed E-state index contributed by atoms with van der Waals surface area (Å²) in [4.78, 5) is 48.3. The number of aromatic nitrogens is 4. The van der Waals surface area contributed by atoms with E-state index < -0.39 is 5.97 Å². The second-order valence-electron chi connectivity index (χ2n) is 10.7. The van der Waals surface area contributed by atoms with Gasteiger partial charge in [-0.3, -0.25) is 9.69 Å². The third kappa shape index (κ3) is 7.21. The predicted molar refractivity (Wildman–Crippen MR) is 167 cm³/mol. The van der Waals surface area contributed by atoms with Crippen molar-refractivity contribution in [2.24, 2.45) is 0 Å². The lowest BCUT2D eigenvalue weighted by molar-refractivity contribution is 0.0540. The molecule has 13 nitrogen and oxygen atoms in total. The first-order chi connectivity index (χ1) is 20.6. The number of methoxy groups -OCH3 is 1. The number of anilines is 2. The number of hydrogen-bond donors (Lipinski definition) is 4. The molecule has 1 amide bonds. The molecular formula is C27H35Cl2N9O4S. The number of carbonyl (C=O) groups excluding carboxylic acids is 1. The molecule has 0 radical (unpaired) electrons. The van der Waals surface area contributed by atoms with Gasteiger partial charge in [-0.05, 0) is 20.4 Å². The molecule has 43 heavy (non-hydrogen) atoms.